The van der Waals surface area contributed by atoms with Crippen LogP contribution in [0, 0.1) is 5.92 Å². The Bertz CT molecular complexity index is 682. The van der Waals surface area contributed by atoms with Crippen molar-refractivity contribution in [2.24, 2.45) is 5.92 Å². The molecule has 0 saturated carbocycles. The average Bonchev–Trinajstić information content (AvgIpc) is 2.61. The van der Waals surface area contributed by atoms with E-state index in [0.717, 1.165) is 19.6 Å². The predicted octanol–water partition coefficient (Wildman–Crippen LogP) is 1.70. The lowest BCUT2D eigenvalue weighted by atomic mass is 10.00. The summed E-state index contributed by atoms with van der Waals surface area (Å²) in [5.74, 6) is 1.33. The van der Waals surface area contributed by atoms with Crippen molar-refractivity contribution >= 4 is 17.4 Å². The molecule has 3 rings (SSSR count). The van der Waals surface area contributed by atoms with E-state index in [1.54, 1.807) is 24.4 Å². The Morgan fingerprint density at radius 3 is 3.04 bits per heavy atom. The van der Waals surface area contributed by atoms with Crippen molar-refractivity contribution in [2.75, 3.05) is 30.7 Å². The third-order valence-electron chi connectivity index (χ3n) is 4.04. The molecule has 0 amide bonds. The highest BCUT2D eigenvalue weighted by Gasteiger charge is 2.16. The van der Waals surface area contributed by atoms with E-state index in [0.29, 0.717) is 23.0 Å². The monoisotopic (exact) mass is 311 g/mol. The summed E-state index contributed by atoms with van der Waals surface area (Å²) in [6.07, 6.45) is 3.99. The fraction of sp³-hybridized carbons (Fsp3) is 0.353. The van der Waals surface area contributed by atoms with Gasteiger partial charge in [-0.1, -0.05) is 6.07 Å². The molecule has 0 spiro atoms. The van der Waals surface area contributed by atoms with Crippen molar-refractivity contribution in [3.8, 4) is 0 Å². The number of aromatic nitrogens is 2. The van der Waals surface area contributed by atoms with E-state index in [9.17, 15) is 4.79 Å². The Hall–Kier alpha value is -2.47. The molecule has 2 aromatic heterocycles. The van der Waals surface area contributed by atoms with Crippen LogP contribution in [0.3, 0.4) is 0 Å². The van der Waals surface area contributed by atoms with E-state index in [4.69, 9.17) is 5.73 Å². The minimum atomic E-state index is -0.210. The first kappa shape index (κ1) is 15.4. The highest BCUT2D eigenvalue weighted by Crippen LogP contribution is 2.15. The van der Waals surface area contributed by atoms with Gasteiger partial charge in [0.2, 0.25) is 5.78 Å². The molecule has 1 aliphatic heterocycles. The smallest absolute Gasteiger partial charge is 0.215 e. The Labute approximate surface area is 135 Å². The minimum Gasteiger partial charge on any atom is -0.383 e. The van der Waals surface area contributed by atoms with E-state index in [-0.39, 0.29) is 11.6 Å². The lowest BCUT2D eigenvalue weighted by Gasteiger charge is -2.23. The molecule has 6 nitrogen and oxygen atoms in total. The highest BCUT2D eigenvalue weighted by atomic mass is 16.1. The summed E-state index contributed by atoms with van der Waals surface area (Å²) in [6.45, 7) is 2.98. The number of nitrogens with two attached hydrogens (primary N) is 1. The third kappa shape index (κ3) is 3.84. The highest BCUT2D eigenvalue weighted by molar-refractivity contribution is 6.10. The lowest BCUT2D eigenvalue weighted by molar-refractivity contribution is 0.103. The van der Waals surface area contributed by atoms with E-state index in [1.165, 1.54) is 12.8 Å². The summed E-state index contributed by atoms with van der Waals surface area (Å²) in [5, 5.41) is 6.72. The van der Waals surface area contributed by atoms with Crippen LogP contribution < -0.4 is 16.4 Å². The van der Waals surface area contributed by atoms with Gasteiger partial charge in [0, 0.05) is 12.7 Å². The first-order valence-corrected chi connectivity index (χ1v) is 7.91. The molecule has 1 fully saturated rings. The Morgan fingerprint density at radius 1 is 1.35 bits per heavy atom. The first-order valence-electron chi connectivity index (χ1n) is 7.91. The Morgan fingerprint density at radius 2 is 2.26 bits per heavy atom. The van der Waals surface area contributed by atoms with Gasteiger partial charge in [0.05, 0.1) is 5.56 Å². The quantitative estimate of drug-likeness (QED) is 0.728. The Balaban J connectivity index is 1.69. The van der Waals surface area contributed by atoms with E-state index in [1.807, 2.05) is 12.1 Å². The summed E-state index contributed by atoms with van der Waals surface area (Å²) in [7, 11) is 0. The van der Waals surface area contributed by atoms with Crippen LogP contribution in [-0.4, -0.2) is 35.4 Å². The van der Waals surface area contributed by atoms with Gasteiger partial charge in [-0.2, -0.15) is 0 Å². The standard InChI is InChI=1S/C17H21N5O/c18-17-13(5-3-9-20-17)16(23)14-6-1-7-15(22-14)21-11-12-4-2-8-19-10-12/h1,3,5-7,9,12,19H,2,4,8,10-11H2,(H2,18,20)(H,21,22). The number of pyridine rings is 2. The molecule has 3 heterocycles. The van der Waals surface area contributed by atoms with Crippen molar-refractivity contribution in [2.45, 2.75) is 12.8 Å². The van der Waals surface area contributed by atoms with Crippen LogP contribution in [0.5, 0.6) is 0 Å². The van der Waals surface area contributed by atoms with Gasteiger partial charge in [-0.15, -0.1) is 0 Å². The number of piperidine rings is 1. The lowest BCUT2D eigenvalue weighted by Crippen LogP contribution is -2.33. The molecule has 0 radical (unpaired) electrons. The normalized spacial score (nSPS) is 17.7. The van der Waals surface area contributed by atoms with Crippen LogP contribution in [0.2, 0.25) is 0 Å². The van der Waals surface area contributed by atoms with E-state index < -0.39 is 0 Å². The fourth-order valence-electron chi connectivity index (χ4n) is 2.75. The van der Waals surface area contributed by atoms with Crippen LogP contribution in [0.4, 0.5) is 11.6 Å². The first-order chi connectivity index (χ1) is 11.2. The van der Waals surface area contributed by atoms with Crippen molar-refractivity contribution in [3.05, 3.63) is 47.8 Å². The second-order valence-electron chi connectivity index (χ2n) is 5.77. The summed E-state index contributed by atoms with van der Waals surface area (Å²) < 4.78 is 0. The molecule has 1 unspecified atom stereocenters. The molecule has 6 heteroatoms. The number of carbonyl (C=O) groups is 1. The molecule has 0 aliphatic carbocycles. The van der Waals surface area contributed by atoms with Crippen molar-refractivity contribution in [1.82, 2.24) is 15.3 Å². The maximum atomic E-state index is 12.5. The van der Waals surface area contributed by atoms with E-state index in [2.05, 4.69) is 20.6 Å². The summed E-state index contributed by atoms with van der Waals surface area (Å²) in [4.78, 5) is 20.9. The molecule has 120 valence electrons. The van der Waals surface area contributed by atoms with Gasteiger partial charge < -0.3 is 16.4 Å². The van der Waals surface area contributed by atoms with Crippen LogP contribution in [-0.2, 0) is 0 Å². The average molecular weight is 311 g/mol. The summed E-state index contributed by atoms with van der Waals surface area (Å²) in [5.41, 5.74) is 6.53. The van der Waals surface area contributed by atoms with Gasteiger partial charge in [0.1, 0.15) is 17.3 Å². The van der Waals surface area contributed by atoms with Gasteiger partial charge in [-0.3, -0.25) is 4.79 Å². The Kier molecular flexibility index (Phi) is 4.83. The van der Waals surface area contributed by atoms with Gasteiger partial charge in [-0.05, 0) is 56.1 Å². The van der Waals surface area contributed by atoms with Gasteiger partial charge in [0.15, 0.2) is 0 Å². The molecule has 1 atom stereocenters. The number of nitrogen functional groups attached to an aromatic ring is 1. The molecule has 4 N–H and O–H groups in total. The van der Waals surface area contributed by atoms with Crippen LogP contribution in [0.25, 0.3) is 0 Å². The van der Waals surface area contributed by atoms with Crippen LogP contribution in [0.15, 0.2) is 36.5 Å². The van der Waals surface area contributed by atoms with E-state index >= 15 is 0 Å². The topological polar surface area (TPSA) is 92.9 Å². The van der Waals surface area contributed by atoms with Gasteiger partial charge >= 0.3 is 0 Å². The SMILES string of the molecule is Nc1ncccc1C(=O)c1cccc(NCC2CCCNC2)n1. The number of rotatable bonds is 5. The van der Waals surface area contributed by atoms with Crippen LogP contribution in [0.1, 0.15) is 28.9 Å². The number of hydrogen-bond acceptors (Lipinski definition) is 6. The number of carbonyl (C=O) groups excluding carboxylic acids is 1. The number of nitrogens with zero attached hydrogens (tertiary/aromatic N) is 2. The van der Waals surface area contributed by atoms with Crippen molar-refractivity contribution in [3.63, 3.8) is 0 Å². The molecular formula is C17H21N5O. The summed E-state index contributed by atoms with van der Waals surface area (Å²) >= 11 is 0. The third-order valence-corrected chi connectivity index (χ3v) is 4.04. The maximum absolute atomic E-state index is 12.5. The van der Waals surface area contributed by atoms with Crippen molar-refractivity contribution < 1.29 is 4.79 Å². The number of anilines is 2. The zero-order valence-electron chi connectivity index (χ0n) is 13.0. The zero-order valence-corrected chi connectivity index (χ0v) is 13.0. The second kappa shape index (κ2) is 7.19. The largest absolute Gasteiger partial charge is 0.383 e. The molecule has 2 aromatic rings. The van der Waals surface area contributed by atoms with Gasteiger partial charge in [-0.25, -0.2) is 9.97 Å². The number of hydrogen-bond donors (Lipinski definition) is 3. The zero-order chi connectivity index (χ0) is 16.1. The fourth-order valence-corrected chi connectivity index (χ4v) is 2.75. The molecule has 1 saturated heterocycles. The molecule has 1 aliphatic rings. The molecule has 23 heavy (non-hydrogen) atoms. The minimum absolute atomic E-state index is 0.210. The summed E-state index contributed by atoms with van der Waals surface area (Å²) in [6, 6.07) is 8.76. The molecule has 0 bridgehead atoms. The number of nitrogens with one attached hydrogen (secondary N) is 2. The van der Waals surface area contributed by atoms with Gasteiger partial charge in [0.25, 0.3) is 0 Å². The maximum Gasteiger partial charge on any atom is 0.215 e. The second-order valence-corrected chi connectivity index (χ2v) is 5.77. The van der Waals surface area contributed by atoms with Crippen molar-refractivity contribution in [1.29, 1.82) is 0 Å². The molecule has 0 aromatic carbocycles. The van der Waals surface area contributed by atoms with Crippen LogP contribution >= 0.6 is 0 Å². The number of ketones is 1. The predicted molar refractivity (Wildman–Crippen MR) is 90.4 cm³/mol. The molecular weight excluding hydrogens is 290 g/mol.